The Morgan fingerprint density at radius 3 is 2.84 bits per heavy atom. The summed E-state index contributed by atoms with van der Waals surface area (Å²) in [5.41, 5.74) is 5.59. The molecule has 0 radical (unpaired) electrons. The number of hydrogen-bond acceptors (Lipinski definition) is 4. The fraction of sp³-hybridized carbons (Fsp3) is 0.538. The van der Waals surface area contributed by atoms with Crippen LogP contribution in [0.4, 0.5) is 0 Å². The molecule has 1 aromatic rings. The largest absolute Gasteiger partial charge is 0.351 e. The van der Waals surface area contributed by atoms with Crippen LogP contribution in [0.2, 0.25) is 0 Å². The molecule has 0 saturated carbocycles. The summed E-state index contributed by atoms with van der Waals surface area (Å²) < 4.78 is 0. The van der Waals surface area contributed by atoms with Crippen LogP contribution in [0.1, 0.15) is 35.9 Å². The zero-order chi connectivity index (χ0) is 14.1. The summed E-state index contributed by atoms with van der Waals surface area (Å²) in [6.07, 6.45) is 2.97. The predicted octanol–water partition coefficient (Wildman–Crippen LogP) is 1.11. The summed E-state index contributed by atoms with van der Waals surface area (Å²) in [7, 11) is 0. The standard InChI is InChI=1S/C13H21N3O2S/c1-2-3-5-10(8-14)16-12(17)9-15-13(18)11-6-4-7-19-11/h4,6-7,10H,2-3,5,8-9,14H2,1H3,(H,15,18)(H,16,17). The lowest BCUT2D eigenvalue weighted by molar-refractivity contribution is -0.120. The van der Waals surface area contributed by atoms with Crippen molar-refractivity contribution in [1.29, 1.82) is 0 Å². The molecule has 1 aromatic heterocycles. The molecule has 106 valence electrons. The molecular weight excluding hydrogens is 262 g/mol. The minimum Gasteiger partial charge on any atom is -0.351 e. The zero-order valence-electron chi connectivity index (χ0n) is 11.1. The van der Waals surface area contributed by atoms with Crippen LogP contribution < -0.4 is 16.4 Å². The van der Waals surface area contributed by atoms with Gasteiger partial charge in [0.05, 0.1) is 11.4 Å². The number of nitrogens with two attached hydrogens (primary N) is 1. The summed E-state index contributed by atoms with van der Waals surface area (Å²) in [6.45, 7) is 2.50. The van der Waals surface area contributed by atoms with Crippen LogP contribution in [0.25, 0.3) is 0 Å². The number of thiophene rings is 1. The van der Waals surface area contributed by atoms with E-state index in [-0.39, 0.29) is 24.4 Å². The molecule has 6 heteroatoms. The van der Waals surface area contributed by atoms with E-state index in [9.17, 15) is 9.59 Å². The molecule has 0 aliphatic rings. The lowest BCUT2D eigenvalue weighted by atomic mass is 10.1. The normalized spacial score (nSPS) is 11.9. The van der Waals surface area contributed by atoms with Gasteiger partial charge in [-0.3, -0.25) is 9.59 Å². The molecule has 0 bridgehead atoms. The van der Waals surface area contributed by atoms with Crippen molar-refractivity contribution in [2.75, 3.05) is 13.1 Å². The van der Waals surface area contributed by atoms with Gasteiger partial charge in [-0.1, -0.05) is 25.8 Å². The van der Waals surface area contributed by atoms with Crippen LogP contribution in [-0.2, 0) is 4.79 Å². The van der Waals surface area contributed by atoms with Crippen molar-refractivity contribution in [3.63, 3.8) is 0 Å². The van der Waals surface area contributed by atoms with Crippen molar-refractivity contribution in [2.45, 2.75) is 32.2 Å². The minimum absolute atomic E-state index is 0.00825. The average Bonchev–Trinajstić information content (AvgIpc) is 2.94. The zero-order valence-corrected chi connectivity index (χ0v) is 12.0. The van der Waals surface area contributed by atoms with Gasteiger partial charge in [0.25, 0.3) is 5.91 Å². The molecule has 0 fully saturated rings. The Morgan fingerprint density at radius 1 is 1.47 bits per heavy atom. The highest BCUT2D eigenvalue weighted by Crippen LogP contribution is 2.07. The SMILES string of the molecule is CCCCC(CN)NC(=O)CNC(=O)c1cccs1. The van der Waals surface area contributed by atoms with Crippen LogP contribution in [-0.4, -0.2) is 30.9 Å². The van der Waals surface area contributed by atoms with Crippen LogP contribution in [0.3, 0.4) is 0 Å². The quantitative estimate of drug-likeness (QED) is 0.668. The first-order chi connectivity index (χ1) is 9.17. The van der Waals surface area contributed by atoms with Gasteiger partial charge in [0, 0.05) is 12.6 Å². The first-order valence-corrected chi connectivity index (χ1v) is 7.36. The van der Waals surface area contributed by atoms with Crippen molar-refractivity contribution < 1.29 is 9.59 Å². The monoisotopic (exact) mass is 283 g/mol. The molecular formula is C13H21N3O2S. The summed E-state index contributed by atoms with van der Waals surface area (Å²) in [5, 5.41) is 7.24. The molecule has 1 heterocycles. The molecule has 4 N–H and O–H groups in total. The Bertz CT molecular complexity index is 393. The van der Waals surface area contributed by atoms with Crippen molar-refractivity contribution in [2.24, 2.45) is 5.73 Å². The summed E-state index contributed by atoms with van der Waals surface area (Å²) in [6, 6.07) is 3.52. The van der Waals surface area contributed by atoms with E-state index in [1.807, 2.05) is 5.38 Å². The number of nitrogens with one attached hydrogen (secondary N) is 2. The third kappa shape index (κ3) is 5.85. The first kappa shape index (κ1) is 15.7. The number of carbonyl (C=O) groups excluding carboxylic acids is 2. The Morgan fingerprint density at radius 2 is 2.26 bits per heavy atom. The second-order valence-electron chi connectivity index (χ2n) is 4.30. The summed E-state index contributed by atoms with van der Waals surface area (Å²) >= 11 is 1.35. The number of hydrogen-bond donors (Lipinski definition) is 3. The van der Waals surface area contributed by atoms with Gasteiger partial charge in [-0.05, 0) is 17.9 Å². The molecule has 1 unspecified atom stereocenters. The number of rotatable bonds is 8. The van der Waals surface area contributed by atoms with Crippen molar-refractivity contribution in [3.8, 4) is 0 Å². The van der Waals surface area contributed by atoms with E-state index in [0.717, 1.165) is 19.3 Å². The van der Waals surface area contributed by atoms with Gasteiger partial charge in [0.15, 0.2) is 0 Å². The number of amides is 2. The molecule has 0 aliphatic heterocycles. The van der Waals surface area contributed by atoms with E-state index in [0.29, 0.717) is 11.4 Å². The van der Waals surface area contributed by atoms with Crippen molar-refractivity contribution >= 4 is 23.2 Å². The van der Waals surface area contributed by atoms with Gasteiger partial charge in [-0.15, -0.1) is 11.3 Å². The van der Waals surface area contributed by atoms with E-state index < -0.39 is 0 Å². The van der Waals surface area contributed by atoms with Gasteiger partial charge in [-0.25, -0.2) is 0 Å². The second-order valence-corrected chi connectivity index (χ2v) is 5.25. The van der Waals surface area contributed by atoms with E-state index in [1.54, 1.807) is 12.1 Å². The maximum Gasteiger partial charge on any atom is 0.261 e. The van der Waals surface area contributed by atoms with Gasteiger partial charge in [0.2, 0.25) is 5.91 Å². The predicted molar refractivity (Wildman–Crippen MR) is 77.2 cm³/mol. The fourth-order valence-corrected chi connectivity index (χ4v) is 2.27. The van der Waals surface area contributed by atoms with Gasteiger partial charge >= 0.3 is 0 Å². The lowest BCUT2D eigenvalue weighted by Gasteiger charge is -2.16. The Balaban J connectivity index is 2.28. The molecule has 0 aliphatic carbocycles. The van der Waals surface area contributed by atoms with E-state index in [2.05, 4.69) is 17.6 Å². The van der Waals surface area contributed by atoms with E-state index >= 15 is 0 Å². The molecule has 0 aromatic carbocycles. The van der Waals surface area contributed by atoms with Gasteiger partial charge < -0.3 is 16.4 Å². The number of carbonyl (C=O) groups is 2. The molecule has 5 nitrogen and oxygen atoms in total. The Hall–Kier alpha value is -1.40. The van der Waals surface area contributed by atoms with Crippen LogP contribution in [0, 0.1) is 0 Å². The fourth-order valence-electron chi connectivity index (χ4n) is 1.63. The molecule has 19 heavy (non-hydrogen) atoms. The highest BCUT2D eigenvalue weighted by Gasteiger charge is 2.12. The van der Waals surface area contributed by atoms with Gasteiger partial charge in [-0.2, -0.15) is 0 Å². The lowest BCUT2D eigenvalue weighted by Crippen LogP contribution is -2.45. The molecule has 1 rings (SSSR count). The van der Waals surface area contributed by atoms with Crippen LogP contribution in [0.5, 0.6) is 0 Å². The second kappa shape index (κ2) is 8.66. The molecule has 1 atom stereocenters. The molecule has 0 saturated heterocycles. The minimum atomic E-state index is -0.219. The highest BCUT2D eigenvalue weighted by atomic mass is 32.1. The highest BCUT2D eigenvalue weighted by molar-refractivity contribution is 7.12. The summed E-state index contributed by atoms with van der Waals surface area (Å²) in [4.78, 5) is 23.9. The summed E-state index contributed by atoms with van der Waals surface area (Å²) in [5.74, 6) is -0.417. The van der Waals surface area contributed by atoms with E-state index in [1.165, 1.54) is 11.3 Å². The smallest absolute Gasteiger partial charge is 0.261 e. The maximum atomic E-state index is 11.7. The maximum absolute atomic E-state index is 11.7. The first-order valence-electron chi connectivity index (χ1n) is 6.48. The molecule has 2 amide bonds. The van der Waals surface area contributed by atoms with Crippen molar-refractivity contribution in [1.82, 2.24) is 10.6 Å². The van der Waals surface area contributed by atoms with Crippen LogP contribution in [0.15, 0.2) is 17.5 Å². The Kier molecular flexibility index (Phi) is 7.14. The average molecular weight is 283 g/mol. The third-order valence-electron chi connectivity index (χ3n) is 2.71. The molecule has 0 spiro atoms. The van der Waals surface area contributed by atoms with E-state index in [4.69, 9.17) is 5.73 Å². The van der Waals surface area contributed by atoms with Crippen molar-refractivity contribution in [3.05, 3.63) is 22.4 Å². The van der Waals surface area contributed by atoms with Crippen LogP contribution >= 0.6 is 11.3 Å². The van der Waals surface area contributed by atoms with Gasteiger partial charge in [0.1, 0.15) is 0 Å². The number of unbranched alkanes of at least 4 members (excludes halogenated alkanes) is 1. The topological polar surface area (TPSA) is 84.2 Å². The third-order valence-corrected chi connectivity index (χ3v) is 3.58. The Labute approximate surface area is 117 Å².